The van der Waals surface area contributed by atoms with Crippen molar-refractivity contribution in [3.05, 3.63) is 255 Å². The Balaban J connectivity index is 0.968. The number of rotatable bonds is 9. The van der Waals surface area contributed by atoms with Gasteiger partial charge in [0, 0.05) is 53.3 Å². The van der Waals surface area contributed by atoms with E-state index in [1.807, 2.05) is 11.3 Å². The third-order valence-electron chi connectivity index (χ3n) is 13.6. The van der Waals surface area contributed by atoms with Crippen LogP contribution in [0.5, 0.6) is 0 Å². The van der Waals surface area contributed by atoms with Gasteiger partial charge in [-0.15, -0.1) is 11.3 Å². The monoisotopic (exact) mass is 914 g/mol. The van der Waals surface area contributed by atoms with Crippen LogP contribution in [0.1, 0.15) is 0 Å². The number of benzene rings is 10. The average molecular weight is 915 g/mol. The van der Waals surface area contributed by atoms with Crippen molar-refractivity contribution in [3.8, 4) is 51.0 Å². The number of para-hydroxylation sites is 2. The van der Waals surface area contributed by atoms with Gasteiger partial charge in [0.05, 0.1) is 11.0 Å². The first-order chi connectivity index (χ1) is 34.2. The maximum absolute atomic E-state index is 5.32. The molecule has 0 bridgehead atoms. The Morgan fingerprint density at radius 3 is 1.33 bits per heavy atom. The molecule has 0 unspecified atom stereocenters. The van der Waals surface area contributed by atoms with Gasteiger partial charge in [0.2, 0.25) is 0 Å². The zero-order chi connectivity index (χ0) is 45.7. The van der Waals surface area contributed by atoms with E-state index in [0.717, 1.165) is 39.0 Å². The summed E-state index contributed by atoms with van der Waals surface area (Å²) in [6.45, 7) is 0. The Hall–Kier alpha value is -8.55. The average Bonchev–Trinajstić information content (AvgIpc) is 3.98. The third-order valence-corrected chi connectivity index (χ3v) is 19.6. The van der Waals surface area contributed by atoms with E-state index in [0.29, 0.717) is 17.5 Å². The van der Waals surface area contributed by atoms with Crippen LogP contribution in [-0.4, -0.2) is 27.6 Å². The number of thiophene rings is 1. The summed E-state index contributed by atoms with van der Waals surface area (Å²) in [5, 5.41) is 10.3. The van der Waals surface area contributed by atoms with Gasteiger partial charge in [-0.25, -0.2) is 15.0 Å². The fraction of sp³-hybridized carbons (Fsp3) is 0. The second-order valence-corrected chi connectivity index (χ2v) is 22.4. The van der Waals surface area contributed by atoms with Gasteiger partial charge in [0.25, 0.3) is 0 Å². The topological polar surface area (TPSA) is 43.6 Å². The lowest BCUT2D eigenvalue weighted by Crippen LogP contribution is -2.74. The largest absolute Gasteiger partial charge is 0.309 e. The predicted molar refractivity (Wildman–Crippen MR) is 292 cm³/mol. The SMILES string of the molecule is c1ccc([Si](c2ccccc2)(c2ccccc2)c2ccc(-c3nc(-c4ccc(-c5cccc6sc7ccccc7c56)cc4)nc(-c4cccc(-n5c6ccccc6c6ccccc65)c4)n3)cc2)cc1. The molecule has 0 aliphatic rings. The normalized spacial score (nSPS) is 11.8. The Morgan fingerprint density at radius 1 is 0.319 bits per heavy atom. The molecule has 13 rings (SSSR count). The minimum Gasteiger partial charge on any atom is -0.309 e. The Bertz CT molecular complexity index is 3850. The molecule has 0 saturated carbocycles. The number of fused-ring (bicyclic) bond motifs is 6. The first-order valence-electron chi connectivity index (χ1n) is 23.3. The van der Waals surface area contributed by atoms with E-state index in [-0.39, 0.29) is 0 Å². The summed E-state index contributed by atoms with van der Waals surface area (Å²) in [7, 11) is -2.74. The molecule has 3 aromatic heterocycles. The minimum absolute atomic E-state index is 0.613. The number of hydrogen-bond acceptors (Lipinski definition) is 4. The lowest BCUT2D eigenvalue weighted by Gasteiger charge is -2.34. The number of hydrogen-bond donors (Lipinski definition) is 0. The first kappa shape index (κ1) is 40.7. The highest BCUT2D eigenvalue weighted by molar-refractivity contribution is 7.26. The van der Waals surface area contributed by atoms with Crippen LogP contribution in [0.4, 0.5) is 0 Å². The Labute approximate surface area is 405 Å². The van der Waals surface area contributed by atoms with Gasteiger partial charge >= 0.3 is 0 Å². The highest BCUT2D eigenvalue weighted by atomic mass is 32.1. The zero-order valence-electron chi connectivity index (χ0n) is 37.4. The molecule has 0 amide bonds. The molecular formula is C63H42N4SSi. The molecule has 0 aliphatic carbocycles. The molecule has 0 N–H and O–H groups in total. The van der Waals surface area contributed by atoms with Crippen molar-refractivity contribution in [2.24, 2.45) is 0 Å². The van der Waals surface area contributed by atoms with Crippen LogP contribution in [0.2, 0.25) is 0 Å². The van der Waals surface area contributed by atoms with Gasteiger partial charge in [0.15, 0.2) is 25.5 Å². The van der Waals surface area contributed by atoms with Gasteiger partial charge in [0.1, 0.15) is 0 Å². The molecule has 0 atom stereocenters. The molecule has 69 heavy (non-hydrogen) atoms. The van der Waals surface area contributed by atoms with Crippen LogP contribution in [0.15, 0.2) is 255 Å². The molecule has 0 radical (unpaired) electrons. The molecule has 0 fully saturated rings. The number of aromatic nitrogens is 4. The van der Waals surface area contributed by atoms with Crippen molar-refractivity contribution in [1.82, 2.24) is 19.5 Å². The van der Waals surface area contributed by atoms with Crippen LogP contribution in [0.3, 0.4) is 0 Å². The van der Waals surface area contributed by atoms with Crippen molar-refractivity contribution in [3.63, 3.8) is 0 Å². The summed E-state index contributed by atoms with van der Waals surface area (Å²) in [5.74, 6) is 1.85. The van der Waals surface area contributed by atoms with E-state index in [1.54, 1.807) is 0 Å². The van der Waals surface area contributed by atoms with Gasteiger partial charge in [-0.1, -0.05) is 218 Å². The summed E-state index contributed by atoms with van der Waals surface area (Å²) in [5.41, 5.74) is 8.47. The van der Waals surface area contributed by atoms with Crippen LogP contribution in [-0.2, 0) is 0 Å². The summed E-state index contributed by atoms with van der Waals surface area (Å²) < 4.78 is 4.92. The zero-order valence-corrected chi connectivity index (χ0v) is 39.3. The van der Waals surface area contributed by atoms with Crippen LogP contribution < -0.4 is 20.7 Å². The van der Waals surface area contributed by atoms with Crippen molar-refractivity contribution >= 4 is 82.1 Å². The predicted octanol–water partition coefficient (Wildman–Crippen LogP) is 13.4. The highest BCUT2D eigenvalue weighted by Gasteiger charge is 2.41. The van der Waals surface area contributed by atoms with E-state index in [2.05, 4.69) is 259 Å². The van der Waals surface area contributed by atoms with Crippen LogP contribution in [0.25, 0.3) is 93.0 Å². The molecule has 3 heterocycles. The summed E-state index contributed by atoms with van der Waals surface area (Å²) in [6.07, 6.45) is 0. The molecule has 0 saturated heterocycles. The molecular weight excluding hydrogens is 873 g/mol. The molecule has 4 nitrogen and oxygen atoms in total. The Kier molecular flexibility index (Phi) is 10.00. The third kappa shape index (κ3) is 6.91. The second-order valence-electron chi connectivity index (χ2n) is 17.5. The van der Waals surface area contributed by atoms with Crippen molar-refractivity contribution in [1.29, 1.82) is 0 Å². The van der Waals surface area contributed by atoms with E-state index in [9.17, 15) is 0 Å². The fourth-order valence-electron chi connectivity index (χ4n) is 10.5. The lowest BCUT2D eigenvalue weighted by atomic mass is 9.98. The quantitative estimate of drug-likeness (QED) is 0.107. The molecule has 324 valence electrons. The molecule has 10 aromatic carbocycles. The first-order valence-corrected chi connectivity index (χ1v) is 26.2. The maximum atomic E-state index is 5.32. The second kappa shape index (κ2) is 17.0. The number of nitrogens with zero attached hydrogens (tertiary/aromatic N) is 4. The van der Waals surface area contributed by atoms with Crippen LogP contribution >= 0.6 is 11.3 Å². The van der Waals surface area contributed by atoms with E-state index in [1.165, 1.54) is 57.3 Å². The standard InChI is InChI=1S/C63H42N4SSi/c1-4-20-48(21-5-1)69(49-22-6-2-7-23-49,50-24-8-3-9-25-50)51-40-38-45(39-41-51)62-64-61(44-36-34-43(35-37-44)52-29-17-33-59-60(52)55-28-12-15-32-58(55)68-59)65-63(66-62)46-18-16-19-47(42-46)67-56-30-13-10-26-53(56)54-27-11-14-31-57(54)67/h1-42H. The smallest absolute Gasteiger partial charge is 0.179 e. The maximum Gasteiger partial charge on any atom is 0.179 e. The molecule has 0 spiro atoms. The summed E-state index contributed by atoms with van der Waals surface area (Å²) in [6, 6.07) is 92.0. The van der Waals surface area contributed by atoms with Crippen LogP contribution in [0, 0.1) is 0 Å². The minimum atomic E-state index is -2.74. The molecule has 0 aliphatic heterocycles. The van der Waals surface area contributed by atoms with E-state index >= 15 is 0 Å². The van der Waals surface area contributed by atoms with E-state index in [4.69, 9.17) is 15.0 Å². The molecule has 6 heteroatoms. The van der Waals surface area contributed by atoms with Gasteiger partial charge in [-0.05, 0) is 68.3 Å². The fourth-order valence-corrected chi connectivity index (χ4v) is 16.4. The lowest BCUT2D eigenvalue weighted by molar-refractivity contribution is 1.07. The van der Waals surface area contributed by atoms with Gasteiger partial charge in [-0.3, -0.25) is 0 Å². The molecule has 13 aromatic rings. The highest BCUT2D eigenvalue weighted by Crippen LogP contribution is 2.40. The van der Waals surface area contributed by atoms with Gasteiger partial charge < -0.3 is 4.57 Å². The van der Waals surface area contributed by atoms with Crippen molar-refractivity contribution in [2.45, 2.75) is 0 Å². The van der Waals surface area contributed by atoms with Gasteiger partial charge in [-0.2, -0.15) is 0 Å². The van der Waals surface area contributed by atoms with E-state index < -0.39 is 8.07 Å². The summed E-state index contributed by atoms with van der Waals surface area (Å²) in [4.78, 5) is 15.9. The van der Waals surface area contributed by atoms with Crippen molar-refractivity contribution < 1.29 is 0 Å². The Morgan fingerprint density at radius 2 is 0.754 bits per heavy atom. The summed E-state index contributed by atoms with van der Waals surface area (Å²) >= 11 is 1.84. The van der Waals surface area contributed by atoms with Crippen molar-refractivity contribution in [2.75, 3.05) is 0 Å².